The Labute approximate surface area is 134 Å². The second kappa shape index (κ2) is 6.49. The number of amides is 1. The van der Waals surface area contributed by atoms with Crippen molar-refractivity contribution in [3.63, 3.8) is 0 Å². The van der Waals surface area contributed by atoms with Crippen LogP contribution in [-0.2, 0) is 16.4 Å². The molecule has 0 aliphatic heterocycles. The van der Waals surface area contributed by atoms with Crippen LogP contribution in [0.25, 0.3) is 0 Å². The molecule has 1 amide bonds. The normalized spacial score (nSPS) is 11.4. The largest absolute Gasteiger partial charge is 0.465 e. The van der Waals surface area contributed by atoms with Crippen LogP contribution in [0.4, 0.5) is 9.18 Å². The zero-order chi connectivity index (χ0) is 16.3. The van der Waals surface area contributed by atoms with Crippen molar-refractivity contribution in [2.75, 3.05) is 6.54 Å². The van der Waals surface area contributed by atoms with Gasteiger partial charge in [0.15, 0.2) is 0 Å². The van der Waals surface area contributed by atoms with E-state index in [1.54, 1.807) is 6.07 Å². The molecule has 0 aliphatic carbocycles. The number of halogens is 2. The van der Waals surface area contributed by atoms with Gasteiger partial charge in [0.05, 0.1) is 4.90 Å². The Morgan fingerprint density at radius 1 is 1.36 bits per heavy atom. The van der Waals surface area contributed by atoms with E-state index in [2.05, 4.69) is 21.2 Å². The van der Waals surface area contributed by atoms with Crippen molar-refractivity contribution in [1.29, 1.82) is 0 Å². The summed E-state index contributed by atoms with van der Waals surface area (Å²) in [7, 11) is -3.92. The molecule has 0 spiro atoms. The fourth-order valence-corrected chi connectivity index (χ4v) is 4.11. The molecule has 1 heterocycles. The quantitative estimate of drug-likeness (QED) is 0.820. The van der Waals surface area contributed by atoms with Gasteiger partial charge >= 0.3 is 6.09 Å². The Hall–Kier alpha value is -1.87. The minimum absolute atomic E-state index is 0.159. The van der Waals surface area contributed by atoms with Crippen LogP contribution in [0.15, 0.2) is 46.0 Å². The van der Waals surface area contributed by atoms with Crippen LogP contribution in [0, 0.1) is 5.82 Å². The Balaban J connectivity index is 2.28. The molecule has 2 N–H and O–H groups in total. The Morgan fingerprint density at radius 2 is 2.09 bits per heavy atom. The molecule has 1 aromatic heterocycles. The first-order chi connectivity index (χ1) is 10.3. The molecular weight excluding hydrogens is 379 g/mol. The summed E-state index contributed by atoms with van der Waals surface area (Å²) in [5.41, 5.74) is 0.626. The first-order valence-corrected chi connectivity index (χ1v) is 8.39. The van der Waals surface area contributed by atoms with Crippen LogP contribution in [0.5, 0.6) is 0 Å². The van der Waals surface area contributed by atoms with Gasteiger partial charge in [-0.3, -0.25) is 0 Å². The molecule has 2 rings (SSSR count). The maximum Gasteiger partial charge on any atom is 0.404 e. The summed E-state index contributed by atoms with van der Waals surface area (Å²) in [6, 6.07) is 6.29. The number of carboxylic acid groups (broad SMARTS) is 1. The van der Waals surface area contributed by atoms with Crippen LogP contribution in [0.1, 0.15) is 5.56 Å². The number of rotatable bonds is 5. The van der Waals surface area contributed by atoms with E-state index in [0.29, 0.717) is 12.0 Å². The monoisotopic (exact) mass is 390 g/mol. The third kappa shape index (κ3) is 3.66. The molecule has 2 aromatic rings. The van der Waals surface area contributed by atoms with E-state index in [-0.39, 0.29) is 16.0 Å². The minimum Gasteiger partial charge on any atom is -0.465 e. The first kappa shape index (κ1) is 16.5. The molecule has 0 fully saturated rings. The summed E-state index contributed by atoms with van der Waals surface area (Å²) >= 11 is 3.14. The molecule has 9 heteroatoms. The van der Waals surface area contributed by atoms with E-state index in [1.807, 2.05) is 0 Å². The third-order valence-electron chi connectivity index (χ3n) is 2.84. The molecule has 1 aromatic carbocycles. The maximum absolute atomic E-state index is 13.2. The van der Waals surface area contributed by atoms with Gasteiger partial charge in [-0.2, -0.15) is 0 Å². The maximum atomic E-state index is 13.2. The lowest BCUT2D eigenvalue weighted by Gasteiger charge is -2.07. The number of nitrogens with one attached hydrogen (secondary N) is 1. The Morgan fingerprint density at radius 3 is 2.73 bits per heavy atom. The minimum atomic E-state index is -3.92. The van der Waals surface area contributed by atoms with Gasteiger partial charge in [-0.05, 0) is 52.2 Å². The van der Waals surface area contributed by atoms with Gasteiger partial charge in [0, 0.05) is 12.7 Å². The second-order valence-electron chi connectivity index (χ2n) is 4.41. The van der Waals surface area contributed by atoms with Crippen molar-refractivity contribution >= 4 is 32.0 Å². The molecule has 0 unspecified atom stereocenters. The molecule has 0 radical (unpaired) electrons. The third-order valence-corrected chi connectivity index (χ3v) is 5.36. The highest BCUT2D eigenvalue weighted by atomic mass is 79.9. The smallest absolute Gasteiger partial charge is 0.404 e. The lowest BCUT2D eigenvalue weighted by Crippen LogP contribution is -2.23. The van der Waals surface area contributed by atoms with Crippen LogP contribution < -0.4 is 5.32 Å². The topological polar surface area (TPSA) is 88.4 Å². The lowest BCUT2D eigenvalue weighted by atomic mass is 10.2. The fourth-order valence-electron chi connectivity index (χ4n) is 1.84. The van der Waals surface area contributed by atoms with Crippen LogP contribution >= 0.6 is 15.9 Å². The van der Waals surface area contributed by atoms with Gasteiger partial charge in [-0.15, -0.1) is 0 Å². The molecule has 0 bridgehead atoms. The zero-order valence-electron chi connectivity index (χ0n) is 11.2. The fraction of sp³-hybridized carbons (Fsp3) is 0.154. The van der Waals surface area contributed by atoms with Gasteiger partial charge in [0.25, 0.3) is 10.0 Å². The SMILES string of the molecule is O=C(O)NCCc1cc(Br)n(S(=O)(=O)c2cccc(F)c2)c1. The number of carbonyl (C=O) groups is 1. The van der Waals surface area contributed by atoms with Crippen molar-refractivity contribution in [3.8, 4) is 0 Å². The number of aromatic nitrogens is 1. The number of hydrogen-bond donors (Lipinski definition) is 2. The van der Waals surface area contributed by atoms with Gasteiger partial charge in [0.1, 0.15) is 10.4 Å². The van der Waals surface area contributed by atoms with Crippen LogP contribution in [-0.4, -0.2) is 30.1 Å². The summed E-state index contributed by atoms with van der Waals surface area (Å²) in [4.78, 5) is 10.2. The van der Waals surface area contributed by atoms with Crippen molar-refractivity contribution in [2.45, 2.75) is 11.3 Å². The lowest BCUT2D eigenvalue weighted by molar-refractivity contribution is 0.194. The van der Waals surface area contributed by atoms with Crippen molar-refractivity contribution in [3.05, 3.63) is 52.5 Å². The van der Waals surface area contributed by atoms with Gasteiger partial charge in [-0.1, -0.05) is 6.07 Å². The molecule has 0 saturated heterocycles. The number of nitrogens with zero attached hydrogens (tertiary/aromatic N) is 1. The second-order valence-corrected chi connectivity index (χ2v) is 7.04. The van der Waals surface area contributed by atoms with Gasteiger partial charge in [-0.25, -0.2) is 21.6 Å². The zero-order valence-corrected chi connectivity index (χ0v) is 13.6. The van der Waals surface area contributed by atoms with Crippen LogP contribution in [0.2, 0.25) is 0 Å². The predicted octanol–water partition coefficient (Wildman–Crippen LogP) is 2.44. The van der Waals surface area contributed by atoms with Crippen molar-refractivity contribution in [1.82, 2.24) is 9.29 Å². The van der Waals surface area contributed by atoms with E-state index in [4.69, 9.17) is 5.11 Å². The summed E-state index contributed by atoms with van der Waals surface area (Å²) in [6.07, 6.45) is 0.551. The molecular formula is C13H12BrFN2O4S. The molecule has 118 valence electrons. The standard InChI is InChI=1S/C13H12BrFN2O4S/c14-12-6-9(4-5-16-13(18)19)8-17(12)22(20,21)11-3-1-2-10(15)7-11/h1-3,6-8,16H,4-5H2,(H,18,19). The predicted molar refractivity (Wildman–Crippen MR) is 80.8 cm³/mol. The molecule has 22 heavy (non-hydrogen) atoms. The summed E-state index contributed by atoms with van der Waals surface area (Å²) in [5, 5.41) is 10.7. The van der Waals surface area contributed by atoms with Gasteiger partial charge < -0.3 is 10.4 Å². The van der Waals surface area contributed by atoms with Crippen molar-refractivity contribution < 1.29 is 22.7 Å². The Kier molecular flexibility index (Phi) is 4.87. The van der Waals surface area contributed by atoms with Gasteiger partial charge in [0.2, 0.25) is 0 Å². The molecule has 6 nitrogen and oxygen atoms in total. The number of benzene rings is 1. The highest BCUT2D eigenvalue weighted by Gasteiger charge is 2.20. The average molecular weight is 391 g/mol. The highest BCUT2D eigenvalue weighted by molar-refractivity contribution is 9.10. The molecule has 0 atom stereocenters. The van der Waals surface area contributed by atoms with E-state index in [0.717, 1.165) is 16.1 Å². The molecule has 0 saturated carbocycles. The Bertz CT molecular complexity index is 804. The van der Waals surface area contributed by atoms with E-state index >= 15 is 0 Å². The van der Waals surface area contributed by atoms with Crippen molar-refractivity contribution in [2.24, 2.45) is 0 Å². The average Bonchev–Trinajstić information content (AvgIpc) is 2.80. The summed E-state index contributed by atoms with van der Waals surface area (Å²) < 4.78 is 39.4. The highest BCUT2D eigenvalue weighted by Crippen LogP contribution is 2.23. The van der Waals surface area contributed by atoms with Crippen LogP contribution in [0.3, 0.4) is 0 Å². The summed E-state index contributed by atoms with van der Waals surface area (Å²) in [6.45, 7) is 0.159. The first-order valence-electron chi connectivity index (χ1n) is 6.15. The molecule has 0 aliphatic rings. The van der Waals surface area contributed by atoms with E-state index < -0.39 is 21.9 Å². The summed E-state index contributed by atoms with van der Waals surface area (Å²) in [5.74, 6) is -0.643. The van der Waals surface area contributed by atoms with E-state index in [9.17, 15) is 17.6 Å². The van der Waals surface area contributed by atoms with E-state index in [1.165, 1.54) is 18.3 Å². The number of hydrogen-bond acceptors (Lipinski definition) is 3.